The lowest BCUT2D eigenvalue weighted by Crippen LogP contribution is -2.14. The Kier molecular flexibility index (Phi) is 6.86. The summed E-state index contributed by atoms with van der Waals surface area (Å²) in [4.78, 5) is 23.3. The van der Waals surface area contributed by atoms with Gasteiger partial charge in [0.05, 0.1) is 28.5 Å². The number of carbonyl (C=O) groups excluding carboxylic acids is 1. The van der Waals surface area contributed by atoms with E-state index in [-0.39, 0.29) is 30.6 Å². The molecule has 0 bridgehead atoms. The van der Waals surface area contributed by atoms with Crippen molar-refractivity contribution in [1.82, 2.24) is 9.78 Å². The molecule has 0 saturated heterocycles. The number of amides is 1. The molecule has 8 nitrogen and oxygen atoms in total. The minimum atomic E-state index is -0.473. The van der Waals surface area contributed by atoms with Crippen molar-refractivity contribution in [3.63, 3.8) is 0 Å². The minimum absolute atomic E-state index is 0.0150. The minimum Gasteiger partial charge on any atom is -0.489 e. The predicted octanol–water partition coefficient (Wildman–Crippen LogP) is 5.43. The Bertz CT molecular complexity index is 1380. The van der Waals surface area contributed by atoms with Crippen LogP contribution in [0, 0.1) is 29.8 Å². The van der Waals surface area contributed by atoms with Crippen LogP contribution < -0.4 is 10.1 Å². The third-order valence-corrected chi connectivity index (χ3v) is 5.54. The van der Waals surface area contributed by atoms with Gasteiger partial charge in [-0.05, 0) is 49.7 Å². The summed E-state index contributed by atoms with van der Waals surface area (Å²) < 4.78 is 21.4. The SMILES string of the molecule is Cc1nn(Cc2ccccc2F)c(C)c1NC(=O)c1cccc(COc2ccc([N+](=O)[O-])cc2)c1. The van der Waals surface area contributed by atoms with Gasteiger partial charge < -0.3 is 10.1 Å². The third-order valence-electron chi connectivity index (χ3n) is 5.54. The van der Waals surface area contributed by atoms with Gasteiger partial charge in [-0.2, -0.15) is 5.10 Å². The molecule has 0 atom stereocenters. The number of nitro groups is 1. The molecule has 1 N–H and O–H groups in total. The number of non-ortho nitro benzene ring substituents is 1. The molecule has 0 unspecified atom stereocenters. The average Bonchev–Trinajstić information content (AvgIpc) is 3.12. The van der Waals surface area contributed by atoms with Gasteiger partial charge in [0, 0.05) is 23.3 Å². The van der Waals surface area contributed by atoms with Gasteiger partial charge in [0.1, 0.15) is 18.2 Å². The van der Waals surface area contributed by atoms with Crippen LogP contribution in [0.1, 0.15) is 32.9 Å². The monoisotopic (exact) mass is 474 g/mol. The lowest BCUT2D eigenvalue weighted by molar-refractivity contribution is -0.384. The Hall–Kier alpha value is -4.53. The third kappa shape index (κ3) is 5.52. The van der Waals surface area contributed by atoms with E-state index in [0.29, 0.717) is 28.3 Å². The molecule has 0 saturated carbocycles. The number of rotatable bonds is 8. The first kappa shape index (κ1) is 23.6. The number of hydrogen-bond acceptors (Lipinski definition) is 5. The van der Waals surface area contributed by atoms with Crippen molar-refractivity contribution in [1.29, 1.82) is 0 Å². The summed E-state index contributed by atoms with van der Waals surface area (Å²) in [5.41, 5.74) is 3.63. The maximum Gasteiger partial charge on any atom is 0.269 e. The summed E-state index contributed by atoms with van der Waals surface area (Å²) in [5.74, 6) is -0.129. The van der Waals surface area contributed by atoms with Crippen molar-refractivity contribution in [2.75, 3.05) is 5.32 Å². The number of carbonyl (C=O) groups is 1. The number of hydrogen-bond donors (Lipinski definition) is 1. The van der Waals surface area contributed by atoms with Crippen molar-refractivity contribution < 1.29 is 18.8 Å². The van der Waals surface area contributed by atoms with Gasteiger partial charge in [0.2, 0.25) is 0 Å². The number of aryl methyl sites for hydroxylation is 1. The predicted molar refractivity (Wildman–Crippen MR) is 129 cm³/mol. The van der Waals surface area contributed by atoms with Crippen molar-refractivity contribution in [3.05, 3.63) is 117 Å². The van der Waals surface area contributed by atoms with Crippen LogP contribution in [0.4, 0.5) is 15.8 Å². The van der Waals surface area contributed by atoms with Gasteiger partial charge in [-0.25, -0.2) is 4.39 Å². The second-order valence-corrected chi connectivity index (χ2v) is 7.99. The fourth-order valence-corrected chi connectivity index (χ4v) is 3.64. The molecule has 1 heterocycles. The Labute approximate surface area is 201 Å². The van der Waals surface area contributed by atoms with Gasteiger partial charge in [-0.1, -0.05) is 30.3 Å². The van der Waals surface area contributed by atoms with E-state index in [1.54, 1.807) is 48.0 Å². The molecular formula is C26H23FN4O4. The van der Waals surface area contributed by atoms with Crippen LogP contribution in [0.2, 0.25) is 0 Å². The van der Waals surface area contributed by atoms with E-state index in [9.17, 15) is 19.3 Å². The normalized spacial score (nSPS) is 10.7. The molecule has 0 aliphatic carbocycles. The molecule has 4 aromatic rings. The van der Waals surface area contributed by atoms with Gasteiger partial charge in [0.25, 0.3) is 11.6 Å². The molecule has 0 radical (unpaired) electrons. The summed E-state index contributed by atoms with van der Waals surface area (Å²) in [7, 11) is 0. The number of benzene rings is 3. The highest BCUT2D eigenvalue weighted by Gasteiger charge is 2.17. The molecule has 0 spiro atoms. The number of nitro benzene ring substituents is 1. The molecule has 3 aromatic carbocycles. The molecular weight excluding hydrogens is 451 g/mol. The topological polar surface area (TPSA) is 99.3 Å². The molecule has 0 aliphatic rings. The van der Waals surface area contributed by atoms with Crippen LogP contribution in [0.15, 0.2) is 72.8 Å². The van der Waals surface area contributed by atoms with Gasteiger partial charge in [-0.15, -0.1) is 0 Å². The number of nitrogens with zero attached hydrogens (tertiary/aromatic N) is 3. The van der Waals surface area contributed by atoms with Crippen molar-refractivity contribution >= 4 is 17.3 Å². The Balaban J connectivity index is 1.44. The van der Waals surface area contributed by atoms with Gasteiger partial charge >= 0.3 is 0 Å². The lowest BCUT2D eigenvalue weighted by Gasteiger charge is -2.10. The van der Waals surface area contributed by atoms with Gasteiger partial charge in [-0.3, -0.25) is 19.6 Å². The molecule has 4 rings (SSSR count). The fraction of sp³-hybridized carbons (Fsp3) is 0.154. The van der Waals surface area contributed by atoms with Crippen LogP contribution in [0.5, 0.6) is 5.75 Å². The van der Waals surface area contributed by atoms with Crippen LogP contribution in [0.3, 0.4) is 0 Å². The number of aromatic nitrogens is 2. The molecule has 1 aromatic heterocycles. The van der Waals surface area contributed by atoms with Crippen LogP contribution >= 0.6 is 0 Å². The zero-order valence-electron chi connectivity index (χ0n) is 19.2. The van der Waals surface area contributed by atoms with E-state index in [4.69, 9.17) is 4.74 Å². The molecule has 178 valence electrons. The lowest BCUT2D eigenvalue weighted by atomic mass is 10.1. The van der Waals surface area contributed by atoms with Crippen molar-refractivity contribution in [2.24, 2.45) is 0 Å². The van der Waals surface area contributed by atoms with Crippen molar-refractivity contribution in [3.8, 4) is 5.75 Å². The number of ether oxygens (including phenoxy) is 1. The van der Waals surface area contributed by atoms with E-state index in [0.717, 1.165) is 11.3 Å². The summed E-state index contributed by atoms with van der Waals surface area (Å²) in [5, 5.41) is 18.1. The average molecular weight is 474 g/mol. The summed E-state index contributed by atoms with van der Waals surface area (Å²) in [6, 6.07) is 19.3. The van der Waals surface area contributed by atoms with Crippen LogP contribution in [-0.4, -0.2) is 20.6 Å². The maximum atomic E-state index is 14.1. The summed E-state index contributed by atoms with van der Waals surface area (Å²) in [6.45, 7) is 4.06. The molecule has 9 heteroatoms. The first-order valence-corrected chi connectivity index (χ1v) is 10.9. The van der Waals surface area contributed by atoms with Gasteiger partial charge in [0.15, 0.2) is 0 Å². The van der Waals surface area contributed by atoms with E-state index < -0.39 is 4.92 Å². The van der Waals surface area contributed by atoms with E-state index in [1.165, 1.54) is 30.3 Å². The van der Waals surface area contributed by atoms with Crippen molar-refractivity contribution in [2.45, 2.75) is 27.0 Å². The second kappa shape index (κ2) is 10.2. The number of nitrogens with one attached hydrogen (secondary N) is 1. The number of halogens is 1. The first-order chi connectivity index (χ1) is 16.8. The zero-order chi connectivity index (χ0) is 24.9. The Morgan fingerprint density at radius 1 is 1.09 bits per heavy atom. The largest absolute Gasteiger partial charge is 0.489 e. The summed E-state index contributed by atoms with van der Waals surface area (Å²) >= 11 is 0. The Morgan fingerprint density at radius 2 is 1.83 bits per heavy atom. The second-order valence-electron chi connectivity index (χ2n) is 7.99. The number of anilines is 1. The van der Waals surface area contributed by atoms with E-state index >= 15 is 0 Å². The van der Waals surface area contributed by atoms with E-state index in [1.807, 2.05) is 13.0 Å². The summed E-state index contributed by atoms with van der Waals surface area (Å²) in [6.07, 6.45) is 0. The Morgan fingerprint density at radius 3 is 2.54 bits per heavy atom. The van der Waals surface area contributed by atoms with Crippen LogP contribution in [0.25, 0.3) is 0 Å². The molecule has 1 amide bonds. The highest BCUT2D eigenvalue weighted by atomic mass is 19.1. The molecule has 35 heavy (non-hydrogen) atoms. The zero-order valence-corrected chi connectivity index (χ0v) is 19.2. The standard InChI is InChI=1S/C26H23FN4O4/c1-17-25(18(2)30(29-17)15-21-7-3-4-9-24(21)27)28-26(32)20-8-5-6-19(14-20)16-35-23-12-10-22(11-13-23)31(33)34/h3-14H,15-16H2,1-2H3,(H,28,32). The first-order valence-electron chi connectivity index (χ1n) is 10.9. The maximum absolute atomic E-state index is 14.1. The fourth-order valence-electron chi connectivity index (χ4n) is 3.64. The highest BCUT2D eigenvalue weighted by Crippen LogP contribution is 2.23. The van der Waals surface area contributed by atoms with Crippen LogP contribution in [-0.2, 0) is 13.2 Å². The molecule has 0 aliphatic heterocycles. The smallest absolute Gasteiger partial charge is 0.269 e. The quantitative estimate of drug-likeness (QED) is 0.271. The highest BCUT2D eigenvalue weighted by molar-refractivity contribution is 6.05. The van der Waals surface area contributed by atoms with E-state index in [2.05, 4.69) is 10.4 Å². The molecule has 0 fully saturated rings.